The van der Waals surface area contributed by atoms with Crippen molar-refractivity contribution in [3.8, 4) is 5.75 Å². The zero-order chi connectivity index (χ0) is 18.9. The summed E-state index contributed by atoms with van der Waals surface area (Å²) in [4.78, 5) is 12.4. The maximum absolute atomic E-state index is 12.4. The third kappa shape index (κ3) is 4.14. The zero-order valence-corrected chi connectivity index (χ0v) is 16.4. The first-order valence-corrected chi connectivity index (χ1v) is 10.6. The number of nitrogens with zero attached hydrogens (tertiary/aromatic N) is 1. The van der Waals surface area contributed by atoms with Crippen molar-refractivity contribution in [2.75, 3.05) is 23.7 Å². The lowest BCUT2D eigenvalue weighted by atomic mass is 9.99. The van der Waals surface area contributed by atoms with Crippen LogP contribution in [0.15, 0.2) is 36.4 Å². The van der Waals surface area contributed by atoms with E-state index in [1.165, 1.54) is 10.6 Å². The van der Waals surface area contributed by atoms with Crippen LogP contribution in [0.5, 0.6) is 5.75 Å². The molecule has 5 nitrogen and oxygen atoms in total. The van der Waals surface area contributed by atoms with Crippen LogP contribution in [0.1, 0.15) is 22.3 Å². The number of hydrogen-bond donors (Lipinski definition) is 0. The van der Waals surface area contributed by atoms with E-state index in [0.717, 1.165) is 12.0 Å². The van der Waals surface area contributed by atoms with Crippen molar-refractivity contribution in [1.82, 2.24) is 0 Å². The fraction of sp³-hybridized carbons (Fsp3) is 0.278. The molecule has 0 unspecified atom stereocenters. The Morgan fingerprint density at radius 3 is 2.65 bits per heavy atom. The molecular weight excluding hydrogens is 397 g/mol. The predicted molar refractivity (Wildman–Crippen MR) is 103 cm³/mol. The molecule has 8 heteroatoms. The number of carbonyl (C=O) groups excluding carboxylic acids is 1. The number of benzene rings is 2. The summed E-state index contributed by atoms with van der Waals surface area (Å²) < 4.78 is 30.7. The molecule has 26 heavy (non-hydrogen) atoms. The molecular formula is C18H17Cl2NO4S. The summed E-state index contributed by atoms with van der Waals surface area (Å²) in [6.07, 6.45) is 2.63. The number of hydrogen-bond acceptors (Lipinski definition) is 4. The second kappa shape index (κ2) is 7.47. The average molecular weight is 414 g/mol. The SMILES string of the molecule is CS(=O)(=O)N1CCCc2cc(C(=O)COc3ccc(Cl)cc3Cl)ccc21. The molecule has 0 aliphatic carbocycles. The number of ether oxygens (including phenoxy) is 1. The first-order valence-electron chi connectivity index (χ1n) is 7.97. The van der Waals surface area contributed by atoms with Crippen LogP contribution in [0, 0.1) is 0 Å². The number of ketones is 1. The molecule has 0 bridgehead atoms. The van der Waals surface area contributed by atoms with Crippen LogP contribution >= 0.6 is 23.2 Å². The summed E-state index contributed by atoms with van der Waals surface area (Å²) in [5.74, 6) is 0.168. The highest BCUT2D eigenvalue weighted by atomic mass is 35.5. The van der Waals surface area contributed by atoms with Crippen LogP contribution in [0.25, 0.3) is 0 Å². The Balaban J connectivity index is 1.76. The van der Waals surface area contributed by atoms with Crippen LogP contribution in [-0.4, -0.2) is 33.6 Å². The molecule has 138 valence electrons. The minimum absolute atomic E-state index is 0.171. The van der Waals surface area contributed by atoms with Gasteiger partial charge in [-0.05, 0) is 54.8 Å². The Morgan fingerprint density at radius 1 is 1.19 bits per heavy atom. The van der Waals surface area contributed by atoms with Crippen LogP contribution in [-0.2, 0) is 16.4 Å². The van der Waals surface area contributed by atoms with E-state index >= 15 is 0 Å². The van der Waals surface area contributed by atoms with E-state index < -0.39 is 10.0 Å². The van der Waals surface area contributed by atoms with Crippen molar-refractivity contribution in [1.29, 1.82) is 0 Å². The molecule has 0 saturated heterocycles. The lowest BCUT2D eigenvalue weighted by molar-refractivity contribution is 0.0921. The second-order valence-electron chi connectivity index (χ2n) is 6.07. The number of sulfonamides is 1. The lowest BCUT2D eigenvalue weighted by Crippen LogP contribution is -2.34. The predicted octanol–water partition coefficient (Wildman–Crippen LogP) is 3.97. The third-order valence-electron chi connectivity index (χ3n) is 4.13. The molecule has 0 saturated carbocycles. The van der Waals surface area contributed by atoms with Crippen molar-refractivity contribution in [2.45, 2.75) is 12.8 Å². The molecule has 0 atom stereocenters. The topological polar surface area (TPSA) is 63.7 Å². The number of Topliss-reactive ketones (excluding diaryl/α,β-unsaturated/α-hetero) is 1. The molecule has 0 spiro atoms. The van der Waals surface area contributed by atoms with Crippen LogP contribution in [0.4, 0.5) is 5.69 Å². The second-order valence-corrected chi connectivity index (χ2v) is 8.82. The smallest absolute Gasteiger partial charge is 0.232 e. The summed E-state index contributed by atoms with van der Waals surface area (Å²) in [6, 6.07) is 9.82. The van der Waals surface area contributed by atoms with Crippen molar-refractivity contribution >= 4 is 44.7 Å². The van der Waals surface area contributed by atoms with Crippen molar-refractivity contribution in [3.05, 3.63) is 57.6 Å². The maximum Gasteiger partial charge on any atom is 0.232 e. The molecule has 1 aliphatic heterocycles. The minimum Gasteiger partial charge on any atom is -0.484 e. The third-order valence-corrected chi connectivity index (χ3v) is 5.84. The normalized spacial score (nSPS) is 14.0. The Bertz CT molecular complexity index is 960. The monoisotopic (exact) mass is 413 g/mol. The summed E-state index contributed by atoms with van der Waals surface area (Å²) >= 11 is 11.9. The van der Waals surface area contributed by atoms with E-state index in [2.05, 4.69) is 0 Å². The van der Waals surface area contributed by atoms with Gasteiger partial charge in [-0.3, -0.25) is 9.10 Å². The van der Waals surface area contributed by atoms with Gasteiger partial charge in [0.1, 0.15) is 5.75 Å². The quantitative estimate of drug-likeness (QED) is 0.695. The fourth-order valence-corrected chi connectivity index (χ4v) is 4.36. The first-order chi connectivity index (χ1) is 12.3. The molecule has 0 radical (unpaired) electrons. The number of carbonyl (C=O) groups is 1. The van der Waals surface area contributed by atoms with Gasteiger partial charge in [0, 0.05) is 17.1 Å². The summed E-state index contributed by atoms with van der Waals surface area (Å²) in [5, 5.41) is 0.818. The summed E-state index contributed by atoms with van der Waals surface area (Å²) in [7, 11) is -3.33. The van der Waals surface area contributed by atoms with Gasteiger partial charge in [-0.25, -0.2) is 8.42 Å². The number of halogens is 2. The highest BCUT2D eigenvalue weighted by Crippen LogP contribution is 2.30. The molecule has 0 N–H and O–H groups in total. The lowest BCUT2D eigenvalue weighted by Gasteiger charge is -2.29. The maximum atomic E-state index is 12.4. The Morgan fingerprint density at radius 2 is 1.96 bits per heavy atom. The molecule has 0 amide bonds. The number of fused-ring (bicyclic) bond motifs is 1. The van der Waals surface area contributed by atoms with E-state index in [0.29, 0.717) is 40.0 Å². The van der Waals surface area contributed by atoms with Gasteiger partial charge in [-0.15, -0.1) is 0 Å². The van der Waals surface area contributed by atoms with Crippen LogP contribution in [0.2, 0.25) is 10.0 Å². The van der Waals surface area contributed by atoms with Gasteiger partial charge in [0.2, 0.25) is 10.0 Å². The van der Waals surface area contributed by atoms with Gasteiger partial charge in [-0.1, -0.05) is 23.2 Å². The van der Waals surface area contributed by atoms with Crippen LogP contribution < -0.4 is 9.04 Å². The molecule has 1 heterocycles. The first kappa shape index (κ1) is 19.0. The summed E-state index contributed by atoms with van der Waals surface area (Å²) in [6.45, 7) is 0.285. The van der Waals surface area contributed by atoms with Gasteiger partial charge in [0.05, 0.1) is 17.0 Å². The largest absolute Gasteiger partial charge is 0.484 e. The number of aryl methyl sites for hydroxylation is 1. The van der Waals surface area contributed by atoms with Crippen molar-refractivity contribution in [2.24, 2.45) is 0 Å². The number of anilines is 1. The van der Waals surface area contributed by atoms with Crippen molar-refractivity contribution < 1.29 is 17.9 Å². The van der Waals surface area contributed by atoms with Gasteiger partial charge in [-0.2, -0.15) is 0 Å². The fourth-order valence-electron chi connectivity index (χ4n) is 2.90. The highest BCUT2D eigenvalue weighted by molar-refractivity contribution is 7.92. The van der Waals surface area contributed by atoms with Gasteiger partial charge < -0.3 is 4.74 Å². The Labute approximate surface area is 162 Å². The van der Waals surface area contributed by atoms with Gasteiger partial charge >= 0.3 is 0 Å². The molecule has 0 aromatic heterocycles. The van der Waals surface area contributed by atoms with Crippen LogP contribution in [0.3, 0.4) is 0 Å². The van der Waals surface area contributed by atoms with E-state index in [-0.39, 0.29) is 12.4 Å². The molecule has 3 rings (SSSR count). The molecule has 0 fully saturated rings. The Hall–Kier alpha value is -1.76. The molecule has 2 aromatic carbocycles. The van der Waals surface area contributed by atoms with E-state index in [1.807, 2.05) is 0 Å². The average Bonchev–Trinajstić information content (AvgIpc) is 2.59. The Kier molecular flexibility index (Phi) is 5.46. The number of rotatable bonds is 5. The van der Waals surface area contributed by atoms with Gasteiger partial charge in [0.15, 0.2) is 12.4 Å². The highest BCUT2D eigenvalue weighted by Gasteiger charge is 2.24. The van der Waals surface area contributed by atoms with E-state index in [9.17, 15) is 13.2 Å². The van der Waals surface area contributed by atoms with Crippen molar-refractivity contribution in [3.63, 3.8) is 0 Å². The molecule has 2 aromatic rings. The molecule has 1 aliphatic rings. The van der Waals surface area contributed by atoms with Gasteiger partial charge in [0.25, 0.3) is 0 Å². The zero-order valence-electron chi connectivity index (χ0n) is 14.0. The van der Waals surface area contributed by atoms with E-state index in [1.54, 1.807) is 36.4 Å². The minimum atomic E-state index is -3.33. The standard InChI is InChI=1S/C18H17Cl2NO4S/c1-26(23,24)21-8-2-3-12-9-13(4-6-16(12)21)17(22)11-25-18-7-5-14(19)10-15(18)20/h4-7,9-10H,2-3,8,11H2,1H3. The summed E-state index contributed by atoms with van der Waals surface area (Å²) in [5.41, 5.74) is 1.96. The van der Waals surface area contributed by atoms with E-state index in [4.69, 9.17) is 27.9 Å².